The molecule has 3 amide bonds. The number of rotatable bonds is 8. The van der Waals surface area contributed by atoms with Crippen LogP contribution in [0, 0.1) is 16.7 Å². The third-order valence-electron chi connectivity index (χ3n) is 15.6. The monoisotopic (exact) mass is 829 g/mol. The zero-order valence-corrected chi connectivity index (χ0v) is 35.0. The number of fused-ring (bicyclic) bond motifs is 5. The molecule has 3 saturated heterocycles. The third-order valence-corrected chi connectivity index (χ3v) is 15.6. The van der Waals surface area contributed by atoms with Gasteiger partial charge >= 0.3 is 0 Å². The summed E-state index contributed by atoms with van der Waals surface area (Å²) in [7, 11) is 0. The number of benzene rings is 2. The van der Waals surface area contributed by atoms with Crippen LogP contribution in [0.25, 0.3) is 0 Å². The number of halogens is 1. The highest BCUT2D eigenvalue weighted by molar-refractivity contribution is 6.06. The summed E-state index contributed by atoms with van der Waals surface area (Å²) in [5, 5.41) is 10.5. The van der Waals surface area contributed by atoms with Crippen molar-refractivity contribution < 1.29 is 23.5 Å². The number of nitrogens with zero attached hydrogens (tertiary/aromatic N) is 6. The number of nitrogen functional groups attached to an aromatic ring is 1. The average Bonchev–Trinajstić information content (AvgIpc) is 3.89. The third kappa shape index (κ3) is 6.75. The van der Waals surface area contributed by atoms with E-state index in [-0.39, 0.29) is 36.4 Å². The first kappa shape index (κ1) is 38.8. The summed E-state index contributed by atoms with van der Waals surface area (Å²) in [5.74, 6) is 0.594. The molecule has 7 heterocycles. The normalized spacial score (nSPS) is 28.0. The molecule has 61 heavy (non-hydrogen) atoms. The lowest BCUT2D eigenvalue weighted by atomic mass is 9.57. The molecule has 4 atom stereocenters. The summed E-state index contributed by atoms with van der Waals surface area (Å²) >= 11 is 0. The molecule has 8 aliphatic rings. The van der Waals surface area contributed by atoms with Crippen molar-refractivity contribution in [3.63, 3.8) is 0 Å². The number of imide groups is 1. The van der Waals surface area contributed by atoms with Gasteiger partial charge < -0.3 is 30.6 Å². The predicted molar refractivity (Wildman–Crippen MR) is 230 cm³/mol. The van der Waals surface area contributed by atoms with Gasteiger partial charge in [0.25, 0.3) is 5.91 Å². The number of amides is 3. The van der Waals surface area contributed by atoms with E-state index in [9.17, 15) is 14.4 Å². The fourth-order valence-electron chi connectivity index (χ4n) is 12.1. The molecular weight excluding hydrogens is 774 g/mol. The lowest BCUT2D eigenvalue weighted by molar-refractivity contribution is -0.136. The second-order valence-corrected chi connectivity index (χ2v) is 19.6. The Hall–Kier alpha value is -5.08. The summed E-state index contributed by atoms with van der Waals surface area (Å²) in [4.78, 5) is 54.2. The smallest absolute Gasteiger partial charge is 0.255 e. The van der Waals surface area contributed by atoms with Crippen molar-refractivity contribution in [2.75, 3.05) is 68.0 Å². The number of carbonyl (C=O) groups excluding carboxylic acids is 3. The highest BCUT2D eigenvalue weighted by Gasteiger charge is 2.50. The fourth-order valence-corrected chi connectivity index (χ4v) is 12.1. The van der Waals surface area contributed by atoms with E-state index in [0.717, 1.165) is 90.8 Å². The van der Waals surface area contributed by atoms with Crippen molar-refractivity contribution >= 4 is 41.0 Å². The number of alkyl halides is 1. The molecule has 3 unspecified atom stereocenters. The molecule has 1 spiro atoms. The molecule has 1 aromatic heterocycles. The topological polar surface area (TPSA) is 151 Å². The van der Waals surface area contributed by atoms with Crippen LogP contribution in [0.2, 0.25) is 0 Å². The van der Waals surface area contributed by atoms with E-state index in [0.29, 0.717) is 61.5 Å². The number of carbonyl (C=O) groups is 3. The van der Waals surface area contributed by atoms with Crippen LogP contribution < -0.4 is 25.6 Å². The van der Waals surface area contributed by atoms with Crippen LogP contribution in [0.1, 0.15) is 103 Å². The number of nitrogens with two attached hydrogens (primary N) is 1. The fraction of sp³-hybridized carbons (Fsp3) is 0.553. The Bertz CT molecular complexity index is 2300. The standard InChI is InChI=1S/C47H56FN9O4/c1-28-16-35-33(3-4-37(50)36(35)21-49)43(57(28)27-47(48)8-9-47)38-5-2-31(22-51-38)54-12-10-46(11-13-54)19-29(20-46)23-53-14-15-55-32(25-53)26-61-41-18-34-30(17-40(41)55)24-56(45(34)60)39-6-7-42(58)52-44(39)59/h2-5,17-18,21-22,28-29,32,39,43,49H,6-16,19-20,23-27,50H2,1H3,(H,52,58,59)/t28-,32?,39?,43?/m1/s1. The minimum absolute atomic E-state index is 0.0962. The molecule has 2 aromatic carbocycles. The van der Waals surface area contributed by atoms with Gasteiger partial charge in [-0.2, -0.15) is 0 Å². The molecule has 320 valence electrons. The highest BCUT2D eigenvalue weighted by atomic mass is 19.1. The summed E-state index contributed by atoms with van der Waals surface area (Å²) < 4.78 is 21.6. The van der Waals surface area contributed by atoms with Gasteiger partial charge in [-0.3, -0.25) is 34.5 Å². The highest BCUT2D eigenvalue weighted by Crippen LogP contribution is 2.54. The van der Waals surface area contributed by atoms with Crippen LogP contribution in [0.5, 0.6) is 5.75 Å². The van der Waals surface area contributed by atoms with Gasteiger partial charge in [0.05, 0.1) is 35.3 Å². The first-order chi connectivity index (χ1) is 29.5. The Kier molecular flexibility index (Phi) is 9.23. The zero-order chi connectivity index (χ0) is 41.8. The van der Waals surface area contributed by atoms with Crippen molar-refractivity contribution in [2.45, 2.75) is 101 Å². The molecular formula is C47H56FN9O4. The van der Waals surface area contributed by atoms with E-state index in [2.05, 4.69) is 56.1 Å². The number of piperazine rings is 1. The summed E-state index contributed by atoms with van der Waals surface area (Å²) in [5.41, 5.74) is 13.8. The van der Waals surface area contributed by atoms with E-state index in [1.54, 1.807) is 4.90 Å². The second-order valence-electron chi connectivity index (χ2n) is 19.6. The van der Waals surface area contributed by atoms with E-state index >= 15 is 4.39 Å². The largest absolute Gasteiger partial charge is 0.489 e. The Morgan fingerprint density at radius 2 is 1.85 bits per heavy atom. The molecule has 3 aromatic rings. The second kappa shape index (κ2) is 14.5. The van der Waals surface area contributed by atoms with Crippen molar-refractivity contribution in [3.05, 3.63) is 76.1 Å². The van der Waals surface area contributed by atoms with Crippen molar-refractivity contribution in [3.8, 4) is 5.75 Å². The van der Waals surface area contributed by atoms with E-state index in [1.807, 2.05) is 18.3 Å². The minimum Gasteiger partial charge on any atom is -0.489 e. The van der Waals surface area contributed by atoms with Crippen LogP contribution >= 0.6 is 0 Å². The lowest BCUT2D eigenvalue weighted by Crippen LogP contribution is -2.59. The van der Waals surface area contributed by atoms with Gasteiger partial charge in [0.15, 0.2) is 0 Å². The molecule has 14 heteroatoms. The number of aromatic nitrogens is 1. The molecule has 4 N–H and O–H groups in total. The molecule has 11 rings (SSSR count). The van der Waals surface area contributed by atoms with Gasteiger partial charge in [-0.25, -0.2) is 4.39 Å². The van der Waals surface area contributed by atoms with Crippen LogP contribution in [0.3, 0.4) is 0 Å². The van der Waals surface area contributed by atoms with Crippen LogP contribution in [-0.4, -0.2) is 120 Å². The van der Waals surface area contributed by atoms with E-state index in [1.165, 1.54) is 31.9 Å². The number of pyridine rings is 1. The molecule has 2 aliphatic carbocycles. The Labute approximate surface area is 356 Å². The Morgan fingerprint density at radius 1 is 1.03 bits per heavy atom. The van der Waals surface area contributed by atoms with Gasteiger partial charge in [-0.15, -0.1) is 0 Å². The number of ether oxygens (including phenoxy) is 1. The maximum atomic E-state index is 15.3. The SMILES string of the molecule is C[C@@H]1Cc2c(ccc(N)c2C=N)C(c2ccc(N3CCC4(CC3)CC(CN3CCN5c6cc7c(cc6OCC5C3)C(=O)N(C3CCC(=O)NC3=O)C7)C4)cn2)N1CC1(F)CC1. The molecule has 5 fully saturated rings. The summed E-state index contributed by atoms with van der Waals surface area (Å²) in [6.45, 7) is 9.51. The van der Waals surface area contributed by atoms with Gasteiger partial charge in [0.1, 0.15) is 24.1 Å². The summed E-state index contributed by atoms with van der Waals surface area (Å²) in [6.07, 6.45) is 10.9. The van der Waals surface area contributed by atoms with E-state index < -0.39 is 17.6 Å². The number of hydrogen-bond donors (Lipinski definition) is 3. The first-order valence-electron chi connectivity index (χ1n) is 22.5. The number of anilines is 3. The Morgan fingerprint density at radius 3 is 2.59 bits per heavy atom. The molecule has 0 bridgehead atoms. The van der Waals surface area contributed by atoms with Crippen molar-refractivity contribution in [2.24, 2.45) is 11.3 Å². The van der Waals surface area contributed by atoms with Crippen LogP contribution in [-0.2, 0) is 22.6 Å². The van der Waals surface area contributed by atoms with Crippen molar-refractivity contribution in [1.82, 2.24) is 25.0 Å². The average molecular weight is 830 g/mol. The molecule has 6 aliphatic heterocycles. The Balaban J connectivity index is 0.692. The number of piperidine rings is 2. The van der Waals surface area contributed by atoms with Gasteiger partial charge in [0.2, 0.25) is 11.8 Å². The predicted octanol–water partition coefficient (Wildman–Crippen LogP) is 4.84. The van der Waals surface area contributed by atoms with Gasteiger partial charge in [-0.05, 0) is 117 Å². The maximum Gasteiger partial charge on any atom is 0.255 e. The number of hydrogen-bond acceptors (Lipinski definition) is 11. The van der Waals surface area contributed by atoms with Gasteiger partial charge in [-0.1, -0.05) is 6.07 Å². The maximum absolute atomic E-state index is 15.3. The number of nitrogens with one attached hydrogen (secondary N) is 2. The first-order valence-corrected chi connectivity index (χ1v) is 22.5. The lowest BCUT2D eigenvalue weighted by Gasteiger charge is -2.54. The quantitative estimate of drug-likeness (QED) is 0.164. The van der Waals surface area contributed by atoms with Crippen LogP contribution in [0.4, 0.5) is 21.5 Å². The van der Waals surface area contributed by atoms with Gasteiger partial charge in [0, 0.05) is 87.8 Å². The summed E-state index contributed by atoms with van der Waals surface area (Å²) in [6, 6.07) is 11.8. The van der Waals surface area contributed by atoms with Crippen molar-refractivity contribution in [1.29, 1.82) is 5.41 Å². The molecule has 13 nitrogen and oxygen atoms in total. The molecule has 0 radical (unpaired) electrons. The minimum atomic E-state index is -1.13. The van der Waals surface area contributed by atoms with Crippen LogP contribution in [0.15, 0.2) is 42.6 Å². The molecule has 2 saturated carbocycles. The van der Waals surface area contributed by atoms with E-state index in [4.69, 9.17) is 20.9 Å². The zero-order valence-electron chi connectivity index (χ0n) is 35.0.